The predicted octanol–water partition coefficient (Wildman–Crippen LogP) is 6.78. The van der Waals surface area contributed by atoms with E-state index in [9.17, 15) is 9.90 Å². The number of amides is 1. The van der Waals surface area contributed by atoms with Crippen LogP contribution in [0.2, 0.25) is 0 Å². The molecule has 2 unspecified atom stereocenters. The lowest BCUT2D eigenvalue weighted by Gasteiger charge is -2.27. The monoisotopic (exact) mass is 514 g/mol. The first-order chi connectivity index (χ1) is 18.2. The van der Waals surface area contributed by atoms with Gasteiger partial charge in [0, 0.05) is 10.3 Å². The summed E-state index contributed by atoms with van der Waals surface area (Å²) in [7, 11) is 0. The average Bonchev–Trinajstić information content (AvgIpc) is 3.24. The molecule has 2 atom stereocenters. The molecule has 5 nitrogen and oxygen atoms in total. The number of fused-ring (bicyclic) bond motifs is 1. The molecule has 1 saturated carbocycles. The van der Waals surface area contributed by atoms with Crippen molar-refractivity contribution in [3.05, 3.63) is 95.0 Å². The van der Waals surface area contributed by atoms with E-state index in [1.807, 2.05) is 66.7 Å². The van der Waals surface area contributed by atoms with Gasteiger partial charge in [0.25, 0.3) is 0 Å². The van der Waals surface area contributed by atoms with E-state index in [4.69, 9.17) is 9.72 Å². The van der Waals surface area contributed by atoms with Gasteiger partial charge in [0.05, 0.1) is 29.8 Å². The van der Waals surface area contributed by atoms with Gasteiger partial charge in [0.2, 0.25) is 5.91 Å². The molecule has 0 radical (unpaired) electrons. The van der Waals surface area contributed by atoms with Gasteiger partial charge in [-0.25, -0.2) is 4.98 Å². The van der Waals surface area contributed by atoms with E-state index in [1.54, 1.807) is 11.3 Å². The highest BCUT2D eigenvalue weighted by atomic mass is 32.1. The van der Waals surface area contributed by atoms with Crippen LogP contribution in [0.25, 0.3) is 10.9 Å². The SMILES string of the molecule is O=C(NC(CO)c1ccccc1)C(c1ccc(OCc2ccc3ccccc3n2)s1)C1CCCCCC1. The summed E-state index contributed by atoms with van der Waals surface area (Å²) < 4.78 is 6.12. The number of carbonyl (C=O) groups is 1. The van der Waals surface area contributed by atoms with Gasteiger partial charge in [0.1, 0.15) is 6.61 Å². The number of ether oxygens (including phenoxy) is 1. The van der Waals surface area contributed by atoms with Gasteiger partial charge in [-0.15, -0.1) is 11.3 Å². The molecule has 2 aromatic heterocycles. The minimum atomic E-state index is -0.420. The molecular formula is C31H34N2O3S. The van der Waals surface area contributed by atoms with E-state index in [2.05, 4.69) is 17.4 Å². The number of para-hydroxylation sites is 1. The van der Waals surface area contributed by atoms with E-state index >= 15 is 0 Å². The third kappa shape index (κ3) is 6.38. The van der Waals surface area contributed by atoms with E-state index in [0.717, 1.165) is 57.8 Å². The summed E-state index contributed by atoms with van der Waals surface area (Å²) in [5, 5.41) is 15.1. The minimum absolute atomic E-state index is 0.0144. The minimum Gasteiger partial charge on any atom is -0.478 e. The molecule has 2 heterocycles. The van der Waals surface area contributed by atoms with Crippen molar-refractivity contribution in [3.8, 4) is 5.06 Å². The highest BCUT2D eigenvalue weighted by molar-refractivity contribution is 7.14. The maximum absolute atomic E-state index is 13.7. The fraction of sp³-hybridized carbons (Fsp3) is 0.355. The highest BCUT2D eigenvalue weighted by Gasteiger charge is 2.33. The lowest BCUT2D eigenvalue weighted by atomic mass is 9.84. The molecule has 192 valence electrons. The molecule has 0 aliphatic heterocycles. The van der Waals surface area contributed by atoms with Crippen molar-refractivity contribution in [2.75, 3.05) is 6.61 Å². The Morgan fingerprint density at radius 1 is 0.946 bits per heavy atom. The Kier molecular flexibility index (Phi) is 8.49. The second-order valence-corrected chi connectivity index (χ2v) is 10.9. The number of hydrogen-bond donors (Lipinski definition) is 2. The zero-order valence-electron chi connectivity index (χ0n) is 21.0. The Morgan fingerprint density at radius 3 is 2.49 bits per heavy atom. The first-order valence-corrected chi connectivity index (χ1v) is 14.1. The first-order valence-electron chi connectivity index (χ1n) is 13.2. The largest absolute Gasteiger partial charge is 0.478 e. The zero-order valence-corrected chi connectivity index (χ0v) is 21.8. The fourth-order valence-electron chi connectivity index (χ4n) is 5.31. The van der Waals surface area contributed by atoms with Crippen LogP contribution in [-0.2, 0) is 11.4 Å². The number of aliphatic hydroxyl groups excluding tert-OH is 1. The summed E-state index contributed by atoms with van der Waals surface area (Å²) >= 11 is 1.55. The molecule has 37 heavy (non-hydrogen) atoms. The van der Waals surface area contributed by atoms with Crippen LogP contribution in [0.3, 0.4) is 0 Å². The second kappa shape index (κ2) is 12.3. The molecule has 0 saturated heterocycles. The van der Waals surface area contributed by atoms with Gasteiger partial charge in [0.15, 0.2) is 5.06 Å². The summed E-state index contributed by atoms with van der Waals surface area (Å²) in [6, 6.07) is 25.4. The van der Waals surface area contributed by atoms with E-state index in [-0.39, 0.29) is 24.3 Å². The highest BCUT2D eigenvalue weighted by Crippen LogP contribution is 2.40. The standard InChI is InChI=1S/C31H34N2O3S/c34-20-27(22-10-6-3-7-11-22)33-31(35)30(24-13-4-1-2-5-14-24)28-18-19-29(37-28)36-21-25-17-16-23-12-8-9-15-26(23)32-25/h3,6-12,15-19,24,27,30,34H,1-2,4-5,13-14,20-21H2,(H,33,35). The molecule has 4 aromatic rings. The van der Waals surface area contributed by atoms with Gasteiger partial charge in [-0.1, -0.05) is 80.3 Å². The number of thiophene rings is 1. The number of nitrogens with zero attached hydrogens (tertiary/aromatic N) is 1. The van der Waals surface area contributed by atoms with Crippen molar-refractivity contribution in [1.29, 1.82) is 0 Å². The maximum atomic E-state index is 13.7. The van der Waals surface area contributed by atoms with Crippen LogP contribution in [0, 0.1) is 5.92 Å². The van der Waals surface area contributed by atoms with Gasteiger partial charge in [-0.3, -0.25) is 4.79 Å². The molecule has 1 amide bonds. The molecule has 6 heteroatoms. The first kappa shape index (κ1) is 25.4. The summed E-state index contributed by atoms with van der Waals surface area (Å²) in [6.45, 7) is 0.246. The Balaban J connectivity index is 1.33. The quantitative estimate of drug-likeness (QED) is 0.242. The van der Waals surface area contributed by atoms with Crippen molar-refractivity contribution < 1.29 is 14.6 Å². The van der Waals surface area contributed by atoms with Crippen LogP contribution >= 0.6 is 11.3 Å². The number of aromatic nitrogens is 1. The van der Waals surface area contributed by atoms with Gasteiger partial charge in [-0.2, -0.15) is 0 Å². The van der Waals surface area contributed by atoms with Crippen LogP contribution in [0.15, 0.2) is 78.9 Å². The molecular weight excluding hydrogens is 480 g/mol. The number of hydrogen-bond acceptors (Lipinski definition) is 5. The lowest BCUT2D eigenvalue weighted by Crippen LogP contribution is -2.37. The Hall–Kier alpha value is -3.22. The van der Waals surface area contributed by atoms with Crippen LogP contribution in [0.1, 0.15) is 66.6 Å². The van der Waals surface area contributed by atoms with Crippen LogP contribution in [0.4, 0.5) is 0 Å². The topological polar surface area (TPSA) is 71.5 Å². The Morgan fingerprint density at radius 2 is 1.70 bits per heavy atom. The maximum Gasteiger partial charge on any atom is 0.229 e. The van der Waals surface area contributed by atoms with Crippen LogP contribution in [-0.4, -0.2) is 22.6 Å². The summed E-state index contributed by atoms with van der Waals surface area (Å²) in [4.78, 5) is 19.5. The van der Waals surface area contributed by atoms with Crippen molar-refractivity contribution in [1.82, 2.24) is 10.3 Å². The molecule has 2 N–H and O–H groups in total. The smallest absolute Gasteiger partial charge is 0.229 e. The molecule has 1 fully saturated rings. The average molecular weight is 515 g/mol. The van der Waals surface area contributed by atoms with Gasteiger partial charge in [-0.05, 0) is 48.6 Å². The summed E-state index contributed by atoms with van der Waals surface area (Å²) in [5.74, 6) is 0.0164. The lowest BCUT2D eigenvalue weighted by molar-refractivity contribution is -0.125. The van der Waals surface area contributed by atoms with Crippen molar-refractivity contribution in [2.45, 2.75) is 57.1 Å². The summed E-state index contributed by atoms with van der Waals surface area (Å²) in [5.41, 5.74) is 2.74. The van der Waals surface area contributed by atoms with Gasteiger partial charge < -0.3 is 15.2 Å². The number of rotatable bonds is 9. The molecule has 2 aromatic carbocycles. The third-order valence-corrected chi connectivity index (χ3v) is 8.36. The van der Waals surface area contributed by atoms with Crippen LogP contribution < -0.4 is 10.1 Å². The molecule has 0 spiro atoms. The van der Waals surface area contributed by atoms with Crippen molar-refractivity contribution >= 4 is 28.1 Å². The third-order valence-electron chi connectivity index (χ3n) is 7.28. The zero-order chi connectivity index (χ0) is 25.5. The van der Waals surface area contributed by atoms with Crippen LogP contribution in [0.5, 0.6) is 5.06 Å². The Labute approximate surface area is 222 Å². The fourth-order valence-corrected chi connectivity index (χ4v) is 6.36. The van der Waals surface area contributed by atoms with Gasteiger partial charge >= 0.3 is 0 Å². The van der Waals surface area contributed by atoms with E-state index < -0.39 is 6.04 Å². The number of nitrogens with one attached hydrogen (secondary N) is 1. The molecule has 0 bridgehead atoms. The second-order valence-electron chi connectivity index (χ2n) is 9.82. The predicted molar refractivity (Wildman–Crippen MR) is 149 cm³/mol. The summed E-state index contributed by atoms with van der Waals surface area (Å²) in [6.07, 6.45) is 6.85. The molecule has 5 rings (SSSR count). The van der Waals surface area contributed by atoms with Crippen molar-refractivity contribution in [3.63, 3.8) is 0 Å². The molecule has 1 aliphatic rings. The number of aliphatic hydroxyl groups is 1. The van der Waals surface area contributed by atoms with E-state index in [1.165, 1.54) is 12.8 Å². The number of carbonyl (C=O) groups excluding carboxylic acids is 1. The Bertz CT molecular complexity index is 1300. The van der Waals surface area contributed by atoms with Crippen molar-refractivity contribution in [2.24, 2.45) is 5.92 Å². The molecule has 1 aliphatic carbocycles. The van der Waals surface area contributed by atoms with E-state index in [0.29, 0.717) is 6.61 Å². The number of pyridine rings is 1. The number of benzene rings is 2. The normalized spacial score (nSPS) is 16.1.